The number of rotatable bonds is 5. The Hall–Kier alpha value is -2.18. The number of nitrogens with one attached hydrogen (secondary N) is 1. The maximum Gasteiger partial charge on any atom is 0.171 e. The van der Waals surface area contributed by atoms with Gasteiger partial charge in [0.1, 0.15) is 5.52 Å². The first kappa shape index (κ1) is 21.1. The number of likely N-dealkylation sites (tertiary alicyclic amines) is 1. The zero-order valence-corrected chi connectivity index (χ0v) is 19.1. The lowest BCUT2D eigenvalue weighted by Crippen LogP contribution is -2.34. The number of carbonyl (C=O) groups is 1. The van der Waals surface area contributed by atoms with Gasteiger partial charge in [-0.3, -0.25) is 9.69 Å². The van der Waals surface area contributed by atoms with E-state index < -0.39 is 5.41 Å². The molecule has 0 bridgehead atoms. The first-order valence-corrected chi connectivity index (χ1v) is 11.9. The van der Waals surface area contributed by atoms with Gasteiger partial charge < -0.3 is 4.98 Å². The van der Waals surface area contributed by atoms with E-state index in [9.17, 15) is 4.79 Å². The molecule has 4 rings (SSSR count). The molecule has 2 aromatic heterocycles. The van der Waals surface area contributed by atoms with Gasteiger partial charge in [-0.15, -0.1) is 0 Å². The largest absolute Gasteiger partial charge is 0.344 e. The van der Waals surface area contributed by atoms with Gasteiger partial charge in [0.05, 0.1) is 17.5 Å². The number of aromatic nitrogens is 3. The van der Waals surface area contributed by atoms with E-state index in [0.29, 0.717) is 16.7 Å². The molecular weight excluding hydrogens is 392 g/mol. The Labute approximate surface area is 182 Å². The van der Waals surface area contributed by atoms with Crippen molar-refractivity contribution in [2.45, 2.75) is 45.4 Å². The molecule has 1 N–H and O–H groups in total. The molecule has 3 heterocycles. The lowest BCUT2D eigenvalue weighted by Gasteiger charge is -2.31. The number of fused-ring (bicyclic) bond motifs is 1. The first-order valence-electron chi connectivity index (χ1n) is 10.6. The van der Waals surface area contributed by atoms with Crippen LogP contribution in [0.25, 0.3) is 22.4 Å². The van der Waals surface area contributed by atoms with E-state index in [1.807, 2.05) is 32.5 Å². The smallest absolute Gasteiger partial charge is 0.171 e. The molecule has 30 heavy (non-hydrogen) atoms. The van der Waals surface area contributed by atoms with Gasteiger partial charge in [0.15, 0.2) is 11.4 Å². The summed E-state index contributed by atoms with van der Waals surface area (Å²) in [6.07, 6.45) is 8.26. The minimum absolute atomic E-state index is 0.0718. The number of hydrogen-bond donors (Lipinski definition) is 1. The van der Waals surface area contributed by atoms with Crippen LogP contribution in [0.15, 0.2) is 36.7 Å². The summed E-state index contributed by atoms with van der Waals surface area (Å²) in [6.45, 7) is 9.06. The molecule has 0 amide bonds. The maximum absolute atomic E-state index is 12.8. The molecule has 1 aliphatic heterocycles. The van der Waals surface area contributed by atoms with Crippen LogP contribution in [-0.4, -0.2) is 50.2 Å². The van der Waals surface area contributed by atoms with Gasteiger partial charge in [0.25, 0.3) is 0 Å². The molecule has 158 valence electrons. The van der Waals surface area contributed by atoms with Crippen molar-refractivity contribution < 1.29 is 4.79 Å². The first-order chi connectivity index (χ1) is 14.3. The summed E-state index contributed by atoms with van der Waals surface area (Å²) in [4.78, 5) is 27.8. The number of piperidine rings is 1. The number of nitrogens with zero attached hydrogens (tertiary/aromatic N) is 3. The molecule has 1 saturated heterocycles. The second-order valence-corrected chi connectivity index (χ2v) is 10.3. The van der Waals surface area contributed by atoms with Crippen LogP contribution in [0, 0.1) is 5.41 Å². The highest BCUT2D eigenvalue weighted by atomic mass is 32.2. The zero-order valence-electron chi connectivity index (χ0n) is 18.2. The van der Waals surface area contributed by atoms with Gasteiger partial charge in [-0.2, -0.15) is 11.8 Å². The van der Waals surface area contributed by atoms with Crippen LogP contribution >= 0.6 is 11.8 Å². The van der Waals surface area contributed by atoms with E-state index in [0.717, 1.165) is 36.1 Å². The van der Waals surface area contributed by atoms with Crippen molar-refractivity contribution in [3.05, 3.63) is 47.8 Å². The average molecular weight is 423 g/mol. The molecule has 6 heteroatoms. The van der Waals surface area contributed by atoms with Crippen LogP contribution in [0.3, 0.4) is 0 Å². The highest BCUT2D eigenvalue weighted by molar-refractivity contribution is 7.99. The Kier molecular flexibility index (Phi) is 5.98. The van der Waals surface area contributed by atoms with Gasteiger partial charge in [0.2, 0.25) is 0 Å². The Balaban J connectivity index is 1.58. The second kappa shape index (κ2) is 8.52. The Bertz CT molecular complexity index is 1040. The molecule has 0 radical (unpaired) electrons. The average Bonchev–Trinajstić information content (AvgIpc) is 3.16. The number of ketones is 1. The van der Waals surface area contributed by atoms with Gasteiger partial charge in [-0.05, 0) is 43.8 Å². The molecule has 0 saturated carbocycles. The van der Waals surface area contributed by atoms with Crippen LogP contribution in [0.4, 0.5) is 0 Å². The van der Waals surface area contributed by atoms with Gasteiger partial charge >= 0.3 is 0 Å². The van der Waals surface area contributed by atoms with E-state index >= 15 is 0 Å². The van der Waals surface area contributed by atoms with Crippen molar-refractivity contribution >= 4 is 28.7 Å². The highest BCUT2D eigenvalue weighted by Crippen LogP contribution is 2.28. The summed E-state index contributed by atoms with van der Waals surface area (Å²) in [5, 5.41) is 0.806. The standard InChI is InChI=1S/C24H30N4OS/c1-24(2,3)22(29)19-13-25-23-21(19)27-20(14-26-23)17-7-5-6-16(12-17)15-28-10-8-18(30-4)9-11-28/h5-7,12-14,18H,8-11,15H2,1-4H3,(H,25,26). The summed E-state index contributed by atoms with van der Waals surface area (Å²) in [5.41, 5.74) is 4.58. The molecule has 1 aromatic carbocycles. The molecule has 3 aromatic rings. The quantitative estimate of drug-likeness (QED) is 0.574. The Morgan fingerprint density at radius 3 is 2.73 bits per heavy atom. The third kappa shape index (κ3) is 4.44. The lowest BCUT2D eigenvalue weighted by atomic mass is 9.87. The van der Waals surface area contributed by atoms with Crippen molar-refractivity contribution in [2.24, 2.45) is 5.41 Å². The van der Waals surface area contributed by atoms with Crippen molar-refractivity contribution in [2.75, 3.05) is 19.3 Å². The lowest BCUT2D eigenvalue weighted by molar-refractivity contribution is 0.0860. The van der Waals surface area contributed by atoms with Crippen molar-refractivity contribution in [1.82, 2.24) is 19.9 Å². The topological polar surface area (TPSA) is 61.9 Å². The van der Waals surface area contributed by atoms with Crippen molar-refractivity contribution in [3.63, 3.8) is 0 Å². The normalized spacial score (nSPS) is 16.3. The summed E-state index contributed by atoms with van der Waals surface area (Å²) < 4.78 is 0. The van der Waals surface area contributed by atoms with Gasteiger partial charge in [-0.25, -0.2) is 9.97 Å². The molecule has 1 fully saturated rings. The number of benzene rings is 1. The predicted molar refractivity (Wildman–Crippen MR) is 125 cm³/mol. The number of H-pyrrole nitrogens is 1. The number of Topliss-reactive ketones (excluding diaryl/α,β-unsaturated/α-hetero) is 1. The van der Waals surface area contributed by atoms with Crippen molar-refractivity contribution in [3.8, 4) is 11.3 Å². The summed E-state index contributed by atoms with van der Waals surface area (Å²) in [6, 6.07) is 8.54. The van der Waals surface area contributed by atoms with E-state index in [1.54, 1.807) is 12.4 Å². The predicted octanol–water partition coefficient (Wildman–Crippen LogP) is 5.18. The summed E-state index contributed by atoms with van der Waals surface area (Å²) in [5.74, 6) is 0.0718. The second-order valence-electron chi connectivity index (χ2n) is 9.15. The molecular formula is C24H30N4OS. The zero-order chi connectivity index (χ0) is 21.3. The molecule has 5 nitrogen and oxygen atoms in total. The fourth-order valence-corrected chi connectivity index (χ4v) is 4.68. The van der Waals surface area contributed by atoms with Gasteiger partial charge in [-0.1, -0.05) is 39.0 Å². The number of hydrogen-bond acceptors (Lipinski definition) is 5. The van der Waals surface area contributed by atoms with Crippen LogP contribution in [-0.2, 0) is 6.54 Å². The third-order valence-electron chi connectivity index (χ3n) is 5.80. The van der Waals surface area contributed by atoms with Crippen LogP contribution < -0.4 is 0 Å². The summed E-state index contributed by atoms with van der Waals surface area (Å²) in [7, 11) is 0. The van der Waals surface area contributed by atoms with Crippen LogP contribution in [0.5, 0.6) is 0 Å². The van der Waals surface area contributed by atoms with Crippen molar-refractivity contribution in [1.29, 1.82) is 0 Å². The van der Waals surface area contributed by atoms with Gasteiger partial charge in [0, 0.05) is 29.0 Å². The Morgan fingerprint density at radius 2 is 2.03 bits per heavy atom. The summed E-state index contributed by atoms with van der Waals surface area (Å²) >= 11 is 1.99. The van der Waals surface area contributed by atoms with E-state index in [-0.39, 0.29) is 5.78 Å². The Morgan fingerprint density at radius 1 is 1.27 bits per heavy atom. The van der Waals surface area contributed by atoms with Crippen LogP contribution in [0.2, 0.25) is 0 Å². The minimum Gasteiger partial charge on any atom is -0.344 e. The molecule has 0 atom stereocenters. The highest BCUT2D eigenvalue weighted by Gasteiger charge is 2.26. The maximum atomic E-state index is 12.8. The van der Waals surface area contributed by atoms with E-state index in [4.69, 9.17) is 4.98 Å². The molecule has 0 aliphatic carbocycles. The third-order valence-corrected chi connectivity index (χ3v) is 6.94. The minimum atomic E-state index is -0.462. The number of carbonyl (C=O) groups excluding carboxylic acids is 1. The number of aromatic amines is 1. The van der Waals surface area contributed by atoms with E-state index in [1.165, 1.54) is 18.4 Å². The number of thioether (sulfide) groups is 1. The monoisotopic (exact) mass is 422 g/mol. The van der Waals surface area contributed by atoms with E-state index in [2.05, 4.69) is 45.4 Å². The molecule has 1 aliphatic rings. The SMILES string of the molecule is CSC1CCN(Cc2cccc(-c3cnc4[nH]cc(C(=O)C(C)(C)C)c4n3)c2)CC1. The van der Waals surface area contributed by atoms with Crippen LogP contribution in [0.1, 0.15) is 49.5 Å². The molecule has 0 spiro atoms. The fraction of sp³-hybridized carbons (Fsp3) is 0.458. The molecule has 0 unspecified atom stereocenters. The fourth-order valence-electron chi connectivity index (χ4n) is 4.00.